The van der Waals surface area contributed by atoms with Gasteiger partial charge in [0.05, 0.1) is 12.6 Å². The minimum atomic E-state index is -0.865. The fraction of sp³-hybridized carbons (Fsp3) is 0.500. The average Bonchev–Trinajstić information content (AvgIpc) is 3.06. The van der Waals surface area contributed by atoms with Crippen molar-refractivity contribution in [3.63, 3.8) is 0 Å². The lowest BCUT2D eigenvalue weighted by atomic mass is 10.1. The van der Waals surface area contributed by atoms with Gasteiger partial charge in [0.15, 0.2) is 23.4 Å². The van der Waals surface area contributed by atoms with Crippen molar-refractivity contribution in [3.05, 3.63) is 47.1 Å². The van der Waals surface area contributed by atoms with Crippen LogP contribution < -0.4 is 10.6 Å². The van der Waals surface area contributed by atoms with Crippen LogP contribution in [0.4, 0.5) is 8.78 Å². The molecule has 1 aromatic carbocycles. The van der Waals surface area contributed by atoms with Gasteiger partial charge >= 0.3 is 0 Å². The monoisotopic (exact) mass is 365 g/mol. The quantitative estimate of drug-likeness (QED) is 0.581. The van der Waals surface area contributed by atoms with Crippen molar-refractivity contribution in [2.45, 2.75) is 46.1 Å². The van der Waals surface area contributed by atoms with E-state index in [1.165, 1.54) is 6.07 Å². The maximum atomic E-state index is 13.4. The lowest BCUT2D eigenvalue weighted by Crippen LogP contribution is -2.39. The Morgan fingerprint density at radius 3 is 2.62 bits per heavy atom. The maximum absolute atomic E-state index is 13.4. The third-order valence-electron chi connectivity index (χ3n) is 3.74. The van der Waals surface area contributed by atoms with Gasteiger partial charge in [0.25, 0.3) is 0 Å². The van der Waals surface area contributed by atoms with Gasteiger partial charge in [0.2, 0.25) is 5.89 Å². The van der Waals surface area contributed by atoms with Crippen molar-refractivity contribution in [2.75, 3.05) is 13.1 Å². The van der Waals surface area contributed by atoms with Crippen LogP contribution in [0.5, 0.6) is 0 Å². The molecule has 2 rings (SSSR count). The molecule has 2 N–H and O–H groups in total. The van der Waals surface area contributed by atoms with E-state index in [0.717, 1.165) is 6.07 Å². The second kappa shape index (κ2) is 9.26. The van der Waals surface area contributed by atoms with Gasteiger partial charge in [0.1, 0.15) is 0 Å². The molecule has 8 heteroatoms. The third-order valence-corrected chi connectivity index (χ3v) is 3.74. The van der Waals surface area contributed by atoms with E-state index in [9.17, 15) is 8.78 Å². The normalized spacial score (nSPS) is 13.1. The van der Waals surface area contributed by atoms with Crippen LogP contribution in [0.1, 0.15) is 56.9 Å². The molecule has 1 heterocycles. The summed E-state index contributed by atoms with van der Waals surface area (Å²) in [6.45, 7) is 8.94. The summed E-state index contributed by atoms with van der Waals surface area (Å²) >= 11 is 0. The van der Waals surface area contributed by atoms with E-state index in [1.807, 2.05) is 27.7 Å². The number of hydrogen-bond acceptors (Lipinski definition) is 4. The van der Waals surface area contributed by atoms with Crippen molar-refractivity contribution in [3.8, 4) is 0 Å². The molecular weight excluding hydrogens is 340 g/mol. The van der Waals surface area contributed by atoms with E-state index in [1.54, 1.807) is 6.07 Å². The number of hydrogen-bond donors (Lipinski definition) is 2. The first kappa shape index (κ1) is 19.8. The fourth-order valence-electron chi connectivity index (χ4n) is 2.26. The Morgan fingerprint density at radius 2 is 2.00 bits per heavy atom. The molecule has 0 bridgehead atoms. The van der Waals surface area contributed by atoms with Gasteiger partial charge in [-0.3, -0.25) is 4.99 Å². The van der Waals surface area contributed by atoms with Crippen LogP contribution in [-0.4, -0.2) is 29.2 Å². The van der Waals surface area contributed by atoms with Crippen molar-refractivity contribution >= 4 is 5.96 Å². The Balaban J connectivity index is 1.97. The maximum Gasteiger partial charge on any atom is 0.228 e. The second-order valence-electron chi connectivity index (χ2n) is 6.25. The van der Waals surface area contributed by atoms with Gasteiger partial charge < -0.3 is 15.2 Å². The molecule has 0 amide bonds. The minimum Gasteiger partial charge on any atom is -0.357 e. The summed E-state index contributed by atoms with van der Waals surface area (Å²) in [6, 6.07) is 3.61. The molecule has 6 nitrogen and oxygen atoms in total. The summed E-state index contributed by atoms with van der Waals surface area (Å²) in [5, 5.41) is 10.2. The fourth-order valence-corrected chi connectivity index (χ4v) is 2.26. The summed E-state index contributed by atoms with van der Waals surface area (Å²) in [5.74, 6) is 0.292. The van der Waals surface area contributed by atoms with Gasteiger partial charge in [0, 0.05) is 18.9 Å². The smallest absolute Gasteiger partial charge is 0.228 e. The number of nitrogens with zero attached hydrogens (tertiary/aromatic N) is 3. The summed E-state index contributed by atoms with van der Waals surface area (Å²) in [4.78, 5) is 8.78. The molecule has 0 saturated heterocycles. The van der Waals surface area contributed by atoms with Gasteiger partial charge in [-0.05, 0) is 31.5 Å². The van der Waals surface area contributed by atoms with Crippen molar-refractivity contribution in [1.29, 1.82) is 0 Å². The van der Waals surface area contributed by atoms with Crippen molar-refractivity contribution in [2.24, 2.45) is 4.99 Å². The minimum absolute atomic E-state index is 0.215. The van der Waals surface area contributed by atoms with Crippen LogP contribution in [-0.2, 0) is 6.42 Å². The zero-order valence-corrected chi connectivity index (χ0v) is 15.5. The van der Waals surface area contributed by atoms with Crippen molar-refractivity contribution in [1.82, 2.24) is 20.8 Å². The van der Waals surface area contributed by atoms with Crippen LogP contribution in [0.15, 0.2) is 27.7 Å². The summed E-state index contributed by atoms with van der Waals surface area (Å²) in [6.07, 6.45) is 0.524. The Kier molecular flexibility index (Phi) is 7.06. The van der Waals surface area contributed by atoms with E-state index in [-0.39, 0.29) is 12.0 Å². The number of aromatic nitrogens is 2. The Bertz CT molecular complexity index is 745. The molecule has 142 valence electrons. The highest BCUT2D eigenvalue weighted by Crippen LogP contribution is 2.16. The predicted octanol–water partition coefficient (Wildman–Crippen LogP) is 3.33. The molecule has 0 aliphatic carbocycles. The van der Waals surface area contributed by atoms with Crippen LogP contribution in [0.3, 0.4) is 0 Å². The Hall–Kier alpha value is -2.51. The first-order chi connectivity index (χ1) is 12.4. The molecule has 2 aromatic rings. The molecule has 1 atom stereocenters. The van der Waals surface area contributed by atoms with Crippen molar-refractivity contribution < 1.29 is 13.3 Å². The number of halogens is 2. The van der Waals surface area contributed by atoms with Gasteiger partial charge in [-0.15, -0.1) is 0 Å². The topological polar surface area (TPSA) is 75.3 Å². The average molecular weight is 365 g/mol. The number of benzene rings is 1. The van der Waals surface area contributed by atoms with Crippen LogP contribution in [0.25, 0.3) is 0 Å². The van der Waals surface area contributed by atoms with Gasteiger partial charge in [-0.2, -0.15) is 4.98 Å². The molecule has 0 aliphatic heterocycles. The number of rotatable bonds is 7. The number of nitrogens with one attached hydrogen (secondary N) is 2. The number of aliphatic imine (C=N–C) groups is 1. The van der Waals surface area contributed by atoms with E-state index >= 15 is 0 Å². The van der Waals surface area contributed by atoms with Crippen LogP contribution in [0, 0.1) is 11.6 Å². The molecule has 0 radical (unpaired) electrons. The zero-order chi connectivity index (χ0) is 19.1. The predicted molar refractivity (Wildman–Crippen MR) is 96.0 cm³/mol. The van der Waals surface area contributed by atoms with E-state index in [4.69, 9.17) is 4.52 Å². The SMILES string of the molecule is CCNC(=NCCc1nc(C(C)C)no1)NC(C)c1ccc(F)c(F)c1. The van der Waals surface area contributed by atoms with Gasteiger partial charge in [-0.1, -0.05) is 25.1 Å². The molecule has 1 aromatic heterocycles. The molecular formula is C18H25F2N5O. The first-order valence-corrected chi connectivity index (χ1v) is 8.73. The highest BCUT2D eigenvalue weighted by molar-refractivity contribution is 5.80. The Morgan fingerprint density at radius 1 is 1.23 bits per heavy atom. The first-order valence-electron chi connectivity index (χ1n) is 8.73. The second-order valence-corrected chi connectivity index (χ2v) is 6.25. The summed E-state index contributed by atoms with van der Waals surface area (Å²) < 4.78 is 31.7. The molecule has 1 unspecified atom stereocenters. The van der Waals surface area contributed by atoms with E-state index < -0.39 is 11.6 Å². The van der Waals surface area contributed by atoms with E-state index in [0.29, 0.717) is 42.7 Å². The molecule has 0 saturated carbocycles. The zero-order valence-electron chi connectivity index (χ0n) is 15.5. The highest BCUT2D eigenvalue weighted by Gasteiger charge is 2.12. The summed E-state index contributed by atoms with van der Waals surface area (Å²) in [7, 11) is 0. The van der Waals surface area contributed by atoms with Gasteiger partial charge in [-0.25, -0.2) is 8.78 Å². The Labute approximate surface area is 152 Å². The van der Waals surface area contributed by atoms with E-state index in [2.05, 4.69) is 25.8 Å². The highest BCUT2D eigenvalue weighted by atomic mass is 19.2. The molecule has 0 aliphatic rings. The lowest BCUT2D eigenvalue weighted by Gasteiger charge is -2.18. The number of guanidine groups is 1. The third kappa shape index (κ3) is 5.50. The lowest BCUT2D eigenvalue weighted by molar-refractivity contribution is 0.372. The molecule has 0 fully saturated rings. The largest absolute Gasteiger partial charge is 0.357 e. The van der Waals surface area contributed by atoms with Crippen LogP contribution in [0.2, 0.25) is 0 Å². The standard InChI is InChI=1S/C18H25F2N5O/c1-5-21-18(22-9-8-16-24-17(11(2)3)25-26-16)23-12(4)13-6-7-14(19)15(20)10-13/h6-7,10-12H,5,8-9H2,1-4H3,(H2,21,22,23). The summed E-state index contributed by atoms with van der Waals surface area (Å²) in [5.41, 5.74) is 0.632. The molecule has 26 heavy (non-hydrogen) atoms. The molecule has 0 spiro atoms. The van der Waals surface area contributed by atoms with Crippen LogP contribution >= 0.6 is 0 Å².